The van der Waals surface area contributed by atoms with Gasteiger partial charge >= 0.3 is 0 Å². The van der Waals surface area contributed by atoms with Crippen molar-refractivity contribution < 1.29 is 14.2 Å². The van der Waals surface area contributed by atoms with Gasteiger partial charge in [-0.1, -0.05) is 0 Å². The van der Waals surface area contributed by atoms with Gasteiger partial charge in [0.15, 0.2) is 5.43 Å². The first-order chi connectivity index (χ1) is 8.70. The molecule has 1 saturated heterocycles. The highest BCUT2D eigenvalue weighted by molar-refractivity contribution is 5.79. The lowest BCUT2D eigenvalue weighted by Gasteiger charge is -2.32. The smallest absolute Gasteiger partial charge is 0.189 e. The zero-order valence-corrected chi connectivity index (χ0v) is 9.60. The van der Waals surface area contributed by atoms with Crippen LogP contribution in [-0.2, 0) is 11.3 Å². The van der Waals surface area contributed by atoms with E-state index in [0.717, 1.165) is 0 Å². The third-order valence-corrected chi connectivity index (χ3v) is 3.24. The summed E-state index contributed by atoms with van der Waals surface area (Å²) < 4.78 is 20.2. The molecule has 0 amide bonds. The largest absolute Gasteiger partial charge is 0.390 e. The average molecular weight is 249 g/mol. The molecule has 2 aromatic rings. The number of benzene rings is 1. The average Bonchev–Trinajstić information content (AvgIpc) is 2.30. The molecule has 1 fully saturated rings. The van der Waals surface area contributed by atoms with E-state index < -0.39 is 5.82 Å². The van der Waals surface area contributed by atoms with Gasteiger partial charge in [0.25, 0.3) is 0 Å². The van der Waals surface area contributed by atoms with Crippen LogP contribution in [0.3, 0.4) is 0 Å². The Kier molecular flexibility index (Phi) is 2.65. The van der Waals surface area contributed by atoms with Crippen molar-refractivity contribution in [2.24, 2.45) is 0 Å². The van der Waals surface area contributed by atoms with Gasteiger partial charge in [-0.25, -0.2) is 4.39 Å². The predicted molar refractivity (Wildman–Crippen MR) is 63.9 cm³/mol. The molecule has 18 heavy (non-hydrogen) atoms. The Hall–Kier alpha value is -1.72. The van der Waals surface area contributed by atoms with Crippen molar-refractivity contribution in [1.29, 1.82) is 0 Å². The Morgan fingerprint density at radius 3 is 2.78 bits per heavy atom. The zero-order chi connectivity index (χ0) is 12.7. The molecule has 3 rings (SSSR count). The maximum atomic E-state index is 13.2. The number of halogens is 1. The van der Waals surface area contributed by atoms with Crippen LogP contribution in [0.2, 0.25) is 0 Å². The first kappa shape index (κ1) is 11.4. The molecule has 5 heteroatoms. The minimum absolute atomic E-state index is 0.0979. The van der Waals surface area contributed by atoms with Crippen LogP contribution < -0.4 is 5.43 Å². The number of aliphatic hydroxyl groups excluding tert-OH is 1. The highest BCUT2D eigenvalue weighted by Gasteiger charge is 2.24. The molecule has 1 aromatic heterocycles. The third-order valence-electron chi connectivity index (χ3n) is 3.24. The maximum Gasteiger partial charge on any atom is 0.189 e. The lowest BCUT2D eigenvalue weighted by atomic mass is 10.1. The molecule has 0 unspecified atom stereocenters. The third kappa shape index (κ3) is 1.63. The van der Waals surface area contributed by atoms with Gasteiger partial charge in [-0.2, -0.15) is 0 Å². The highest BCUT2D eigenvalue weighted by Crippen LogP contribution is 2.24. The Balaban J connectivity index is 2.35. The number of aliphatic hydroxyl groups is 1. The SMILES string of the molecule is O=c1cc(CO)n(C2COC2)c2ccc(F)cc12. The number of hydrogen-bond acceptors (Lipinski definition) is 3. The lowest BCUT2D eigenvalue weighted by Crippen LogP contribution is -2.33. The number of ether oxygens (including phenoxy) is 1. The van der Waals surface area contributed by atoms with Crippen LogP contribution in [-0.4, -0.2) is 22.9 Å². The molecular formula is C13H12FNO3. The molecule has 0 atom stereocenters. The minimum Gasteiger partial charge on any atom is -0.390 e. The highest BCUT2D eigenvalue weighted by atomic mass is 19.1. The molecule has 0 spiro atoms. The van der Waals surface area contributed by atoms with Gasteiger partial charge in [0.2, 0.25) is 0 Å². The van der Waals surface area contributed by atoms with Crippen LogP contribution in [0.1, 0.15) is 11.7 Å². The van der Waals surface area contributed by atoms with Gasteiger partial charge in [0.05, 0.1) is 31.4 Å². The van der Waals surface area contributed by atoms with Crippen molar-refractivity contribution in [3.63, 3.8) is 0 Å². The van der Waals surface area contributed by atoms with Crippen molar-refractivity contribution in [3.8, 4) is 0 Å². The predicted octanol–water partition coefficient (Wildman–Crippen LogP) is 1.20. The summed E-state index contributed by atoms with van der Waals surface area (Å²) in [5.41, 5.74) is 0.902. The Bertz CT molecular complexity index is 661. The van der Waals surface area contributed by atoms with Gasteiger partial charge < -0.3 is 14.4 Å². The van der Waals surface area contributed by atoms with Crippen molar-refractivity contribution in [3.05, 3.63) is 46.0 Å². The van der Waals surface area contributed by atoms with Gasteiger partial charge in [-0.15, -0.1) is 0 Å². The first-order valence-electron chi connectivity index (χ1n) is 5.73. The molecule has 1 N–H and O–H groups in total. The Labute approximate surface area is 102 Å². The Morgan fingerprint density at radius 1 is 1.39 bits per heavy atom. The minimum atomic E-state index is -0.437. The van der Waals surface area contributed by atoms with Gasteiger partial charge in [0, 0.05) is 17.1 Å². The van der Waals surface area contributed by atoms with Crippen molar-refractivity contribution >= 4 is 10.9 Å². The molecule has 1 aromatic carbocycles. The zero-order valence-electron chi connectivity index (χ0n) is 9.60. The summed E-state index contributed by atoms with van der Waals surface area (Å²) in [4.78, 5) is 11.9. The van der Waals surface area contributed by atoms with Crippen molar-refractivity contribution in [2.75, 3.05) is 13.2 Å². The van der Waals surface area contributed by atoms with E-state index in [1.54, 1.807) is 6.07 Å². The standard InChI is InChI=1S/C13H12FNO3/c14-8-1-2-12-11(3-8)13(17)4-9(5-16)15(12)10-6-18-7-10/h1-4,10,16H,5-7H2. The van der Waals surface area contributed by atoms with Crippen LogP contribution in [0, 0.1) is 5.82 Å². The second kappa shape index (κ2) is 4.19. The van der Waals surface area contributed by atoms with E-state index in [0.29, 0.717) is 29.8 Å². The van der Waals surface area contributed by atoms with Crippen molar-refractivity contribution in [1.82, 2.24) is 4.57 Å². The molecule has 0 radical (unpaired) electrons. The summed E-state index contributed by atoms with van der Waals surface area (Å²) in [7, 11) is 0. The number of fused-ring (bicyclic) bond motifs is 1. The molecule has 0 saturated carbocycles. The second-order valence-electron chi connectivity index (χ2n) is 4.38. The summed E-state index contributed by atoms with van der Waals surface area (Å²) in [5, 5.41) is 9.68. The monoisotopic (exact) mass is 249 g/mol. The van der Waals surface area contributed by atoms with Crippen LogP contribution in [0.4, 0.5) is 4.39 Å². The number of aromatic nitrogens is 1. The molecule has 0 bridgehead atoms. The second-order valence-corrected chi connectivity index (χ2v) is 4.38. The molecule has 0 aliphatic carbocycles. The normalized spacial score (nSPS) is 15.9. The van der Waals surface area contributed by atoms with E-state index in [2.05, 4.69) is 0 Å². The first-order valence-corrected chi connectivity index (χ1v) is 5.73. The van der Waals surface area contributed by atoms with Crippen LogP contribution in [0.5, 0.6) is 0 Å². The molecule has 4 nitrogen and oxygen atoms in total. The van der Waals surface area contributed by atoms with Crippen molar-refractivity contribution in [2.45, 2.75) is 12.6 Å². The quantitative estimate of drug-likeness (QED) is 0.870. The Morgan fingerprint density at radius 2 is 2.17 bits per heavy atom. The summed E-state index contributed by atoms with van der Waals surface area (Å²) >= 11 is 0. The van der Waals surface area contributed by atoms with Gasteiger partial charge in [-0.05, 0) is 18.2 Å². The van der Waals surface area contributed by atoms with E-state index in [1.807, 2.05) is 4.57 Å². The van der Waals surface area contributed by atoms with E-state index >= 15 is 0 Å². The van der Waals surface area contributed by atoms with Gasteiger partial charge in [0.1, 0.15) is 5.82 Å². The fraction of sp³-hybridized carbons (Fsp3) is 0.308. The van der Waals surface area contributed by atoms with Crippen LogP contribution in [0.25, 0.3) is 10.9 Å². The van der Waals surface area contributed by atoms with Crippen LogP contribution in [0.15, 0.2) is 29.1 Å². The van der Waals surface area contributed by atoms with E-state index in [4.69, 9.17) is 4.74 Å². The molecular weight excluding hydrogens is 237 g/mol. The molecule has 1 aliphatic rings. The summed E-state index contributed by atoms with van der Waals surface area (Å²) in [6, 6.07) is 5.58. The molecule has 1 aliphatic heterocycles. The molecule has 94 valence electrons. The molecule has 2 heterocycles. The van der Waals surface area contributed by atoms with E-state index in [-0.39, 0.29) is 18.1 Å². The lowest BCUT2D eigenvalue weighted by molar-refractivity contribution is -0.0237. The maximum absolute atomic E-state index is 13.2. The number of rotatable bonds is 2. The van der Waals surface area contributed by atoms with Crippen LogP contribution >= 0.6 is 0 Å². The number of hydrogen-bond donors (Lipinski definition) is 1. The summed E-state index contributed by atoms with van der Waals surface area (Å²) in [6.07, 6.45) is 0. The number of nitrogens with zero attached hydrogens (tertiary/aromatic N) is 1. The number of pyridine rings is 1. The van der Waals surface area contributed by atoms with E-state index in [9.17, 15) is 14.3 Å². The van der Waals surface area contributed by atoms with Gasteiger partial charge in [-0.3, -0.25) is 4.79 Å². The topological polar surface area (TPSA) is 51.5 Å². The summed E-state index contributed by atoms with van der Waals surface area (Å²) in [5.74, 6) is -0.437. The fourth-order valence-corrected chi connectivity index (χ4v) is 2.29. The fourth-order valence-electron chi connectivity index (χ4n) is 2.29. The van der Waals surface area contributed by atoms with E-state index in [1.165, 1.54) is 18.2 Å². The summed E-state index contributed by atoms with van der Waals surface area (Å²) in [6.45, 7) is 0.865.